The first kappa shape index (κ1) is 11.3. The zero-order valence-electron chi connectivity index (χ0n) is 8.97. The van der Waals surface area contributed by atoms with Crippen LogP contribution in [0.25, 0.3) is 10.4 Å². The van der Waals surface area contributed by atoms with Crippen LogP contribution in [0.2, 0.25) is 0 Å². The van der Waals surface area contributed by atoms with E-state index in [4.69, 9.17) is 10.4 Å². The number of hydrogen-bond acceptors (Lipinski definition) is 4. The molecule has 0 fully saturated rings. The fourth-order valence-electron chi connectivity index (χ4n) is 1.55. The Morgan fingerprint density at radius 1 is 1.59 bits per heavy atom. The number of carboxylic acids is 1. The number of aryl methyl sites for hydroxylation is 1. The van der Waals surface area contributed by atoms with Crippen LogP contribution in [0.1, 0.15) is 21.7 Å². The van der Waals surface area contributed by atoms with Crippen LogP contribution in [0, 0.1) is 18.3 Å². The fourth-order valence-corrected chi connectivity index (χ4v) is 2.30. The van der Waals surface area contributed by atoms with Gasteiger partial charge in [-0.2, -0.15) is 5.26 Å². The average Bonchev–Trinajstić information content (AvgIpc) is 2.81. The van der Waals surface area contributed by atoms with Gasteiger partial charge in [0.2, 0.25) is 0 Å². The highest BCUT2D eigenvalue weighted by atomic mass is 32.1. The van der Waals surface area contributed by atoms with Crippen LogP contribution in [0.15, 0.2) is 23.6 Å². The van der Waals surface area contributed by atoms with E-state index in [2.05, 4.69) is 11.1 Å². The first-order valence-corrected chi connectivity index (χ1v) is 5.70. The van der Waals surface area contributed by atoms with Gasteiger partial charge in [-0.3, -0.25) is 0 Å². The van der Waals surface area contributed by atoms with E-state index in [9.17, 15) is 4.79 Å². The summed E-state index contributed by atoms with van der Waals surface area (Å²) in [5.74, 6) is -1.09. The molecule has 2 rings (SSSR count). The summed E-state index contributed by atoms with van der Waals surface area (Å²) in [7, 11) is 0. The van der Waals surface area contributed by atoms with Gasteiger partial charge in [0.05, 0.1) is 11.3 Å². The lowest BCUT2D eigenvalue weighted by Gasteiger charge is -2.05. The molecular weight excluding hydrogens is 236 g/mol. The number of hydrogen-bond donors (Lipinski definition) is 1. The van der Waals surface area contributed by atoms with Crippen molar-refractivity contribution < 1.29 is 9.90 Å². The molecule has 84 valence electrons. The Bertz CT molecular complexity index is 612. The standard InChI is InChI=1S/C12H8N2O2S/c1-7-9(6-13)8(11-3-2-4-17-11)5-10(14-7)12(15)16/h2-5H,1H3,(H,15,16). The monoisotopic (exact) mass is 244 g/mol. The van der Waals surface area contributed by atoms with Crippen molar-refractivity contribution in [3.8, 4) is 16.5 Å². The van der Waals surface area contributed by atoms with E-state index in [1.165, 1.54) is 17.4 Å². The van der Waals surface area contributed by atoms with Crippen LogP contribution in [0.5, 0.6) is 0 Å². The predicted molar refractivity (Wildman–Crippen MR) is 64.0 cm³/mol. The Hall–Kier alpha value is -2.19. The Morgan fingerprint density at radius 2 is 2.35 bits per heavy atom. The molecular formula is C12H8N2O2S. The molecule has 0 aliphatic rings. The van der Waals surface area contributed by atoms with Gasteiger partial charge in [0.15, 0.2) is 0 Å². The third kappa shape index (κ3) is 2.03. The molecule has 0 unspecified atom stereocenters. The fraction of sp³-hybridized carbons (Fsp3) is 0.0833. The van der Waals surface area contributed by atoms with Gasteiger partial charge in [0.1, 0.15) is 11.8 Å². The second-order valence-electron chi connectivity index (χ2n) is 3.41. The van der Waals surface area contributed by atoms with Gasteiger partial charge in [-0.05, 0) is 24.4 Å². The van der Waals surface area contributed by atoms with Crippen molar-refractivity contribution >= 4 is 17.3 Å². The second-order valence-corrected chi connectivity index (χ2v) is 4.36. The minimum Gasteiger partial charge on any atom is -0.477 e. The van der Waals surface area contributed by atoms with Crippen LogP contribution >= 0.6 is 11.3 Å². The summed E-state index contributed by atoms with van der Waals surface area (Å²) < 4.78 is 0. The minimum atomic E-state index is -1.09. The van der Waals surface area contributed by atoms with Crippen LogP contribution in [-0.2, 0) is 0 Å². The lowest BCUT2D eigenvalue weighted by molar-refractivity contribution is 0.0690. The van der Waals surface area contributed by atoms with Gasteiger partial charge in [-0.1, -0.05) is 6.07 Å². The molecule has 0 spiro atoms. The molecule has 0 saturated carbocycles. The normalized spacial score (nSPS) is 9.88. The summed E-state index contributed by atoms with van der Waals surface area (Å²) in [6.07, 6.45) is 0. The van der Waals surface area contributed by atoms with Gasteiger partial charge in [0.25, 0.3) is 0 Å². The smallest absolute Gasteiger partial charge is 0.354 e. The highest BCUT2D eigenvalue weighted by Crippen LogP contribution is 2.29. The third-order valence-electron chi connectivity index (χ3n) is 2.32. The molecule has 0 atom stereocenters. The summed E-state index contributed by atoms with van der Waals surface area (Å²) in [5, 5.41) is 19.9. The number of nitriles is 1. The number of nitrogens with zero attached hydrogens (tertiary/aromatic N) is 2. The Morgan fingerprint density at radius 3 is 2.88 bits per heavy atom. The molecule has 0 saturated heterocycles. The molecule has 4 nitrogen and oxygen atoms in total. The Balaban J connectivity index is 2.72. The average molecular weight is 244 g/mol. The van der Waals surface area contributed by atoms with Gasteiger partial charge >= 0.3 is 5.97 Å². The number of pyridine rings is 1. The summed E-state index contributed by atoms with van der Waals surface area (Å²) in [4.78, 5) is 15.7. The number of aromatic carboxylic acids is 1. The van der Waals surface area contributed by atoms with E-state index < -0.39 is 5.97 Å². The molecule has 0 aromatic carbocycles. The van der Waals surface area contributed by atoms with E-state index in [0.717, 1.165) is 4.88 Å². The van der Waals surface area contributed by atoms with Crippen molar-refractivity contribution in [1.29, 1.82) is 5.26 Å². The number of thiophene rings is 1. The maximum atomic E-state index is 10.9. The van der Waals surface area contributed by atoms with Crippen LogP contribution in [0.4, 0.5) is 0 Å². The summed E-state index contributed by atoms with van der Waals surface area (Å²) in [6.45, 7) is 1.64. The van der Waals surface area contributed by atoms with Crippen molar-refractivity contribution in [1.82, 2.24) is 4.98 Å². The molecule has 0 aliphatic carbocycles. The van der Waals surface area contributed by atoms with Crippen LogP contribution < -0.4 is 0 Å². The number of aromatic nitrogens is 1. The first-order chi connectivity index (χ1) is 8.13. The van der Waals surface area contributed by atoms with Crippen molar-refractivity contribution in [3.63, 3.8) is 0 Å². The number of rotatable bonds is 2. The minimum absolute atomic E-state index is 0.0371. The molecule has 2 aromatic rings. The van der Waals surface area contributed by atoms with Crippen molar-refractivity contribution in [2.75, 3.05) is 0 Å². The molecule has 0 amide bonds. The van der Waals surface area contributed by atoms with Gasteiger partial charge in [-0.25, -0.2) is 9.78 Å². The molecule has 2 aromatic heterocycles. The maximum Gasteiger partial charge on any atom is 0.354 e. The van der Waals surface area contributed by atoms with E-state index in [1.807, 2.05) is 17.5 Å². The quantitative estimate of drug-likeness (QED) is 0.881. The van der Waals surface area contributed by atoms with E-state index in [0.29, 0.717) is 16.8 Å². The lowest BCUT2D eigenvalue weighted by Crippen LogP contribution is -2.04. The highest BCUT2D eigenvalue weighted by Gasteiger charge is 2.15. The lowest BCUT2D eigenvalue weighted by atomic mass is 10.1. The van der Waals surface area contributed by atoms with Crippen molar-refractivity contribution in [3.05, 3.63) is 40.5 Å². The van der Waals surface area contributed by atoms with Crippen molar-refractivity contribution in [2.24, 2.45) is 0 Å². The number of carboxylic acid groups (broad SMARTS) is 1. The Kier molecular flexibility index (Phi) is 2.90. The summed E-state index contributed by atoms with van der Waals surface area (Å²) >= 11 is 1.46. The highest BCUT2D eigenvalue weighted by molar-refractivity contribution is 7.13. The maximum absolute atomic E-state index is 10.9. The molecule has 0 aliphatic heterocycles. The Labute approximate surface area is 102 Å². The van der Waals surface area contributed by atoms with E-state index in [1.54, 1.807) is 6.92 Å². The topological polar surface area (TPSA) is 74.0 Å². The van der Waals surface area contributed by atoms with Crippen molar-refractivity contribution in [2.45, 2.75) is 6.92 Å². The predicted octanol–water partition coefficient (Wildman–Crippen LogP) is 2.69. The zero-order chi connectivity index (χ0) is 12.4. The van der Waals surface area contributed by atoms with Crippen LogP contribution in [0.3, 0.4) is 0 Å². The second kappa shape index (κ2) is 4.36. The first-order valence-electron chi connectivity index (χ1n) is 4.82. The molecule has 5 heteroatoms. The molecule has 0 bridgehead atoms. The summed E-state index contributed by atoms with van der Waals surface area (Å²) in [5.41, 5.74) is 1.46. The van der Waals surface area contributed by atoms with Crippen LogP contribution in [-0.4, -0.2) is 16.1 Å². The van der Waals surface area contributed by atoms with Gasteiger partial charge < -0.3 is 5.11 Å². The molecule has 1 N–H and O–H groups in total. The van der Waals surface area contributed by atoms with Gasteiger partial charge in [0, 0.05) is 10.4 Å². The molecule has 0 radical (unpaired) electrons. The van der Waals surface area contributed by atoms with E-state index in [-0.39, 0.29) is 5.69 Å². The molecule has 2 heterocycles. The van der Waals surface area contributed by atoms with Gasteiger partial charge in [-0.15, -0.1) is 11.3 Å². The molecule has 17 heavy (non-hydrogen) atoms. The summed E-state index contributed by atoms with van der Waals surface area (Å²) in [6, 6.07) is 7.23. The van der Waals surface area contributed by atoms with E-state index >= 15 is 0 Å². The SMILES string of the molecule is Cc1nc(C(=O)O)cc(-c2cccs2)c1C#N. The number of carbonyl (C=O) groups is 1. The zero-order valence-corrected chi connectivity index (χ0v) is 9.78. The third-order valence-corrected chi connectivity index (χ3v) is 3.22. The largest absolute Gasteiger partial charge is 0.477 e.